The predicted octanol–water partition coefficient (Wildman–Crippen LogP) is 2.33. The molecule has 0 bridgehead atoms. The van der Waals surface area contributed by atoms with E-state index in [1.165, 1.54) is 0 Å². The lowest BCUT2D eigenvalue weighted by Gasteiger charge is -2.31. The van der Waals surface area contributed by atoms with Gasteiger partial charge in [0.2, 0.25) is 0 Å². The van der Waals surface area contributed by atoms with Gasteiger partial charge in [-0.15, -0.1) is 0 Å². The SMILES string of the molecule is CN(C)c1ccc(C(=O)N(Cc2ccccn2)C2CCCNCC2)cn1. The first-order chi connectivity index (χ1) is 12.6. The van der Waals surface area contributed by atoms with Gasteiger partial charge in [0, 0.05) is 32.5 Å². The number of nitrogens with one attached hydrogen (secondary N) is 1. The van der Waals surface area contributed by atoms with Crippen LogP contribution in [0.1, 0.15) is 35.3 Å². The van der Waals surface area contributed by atoms with Crippen molar-refractivity contribution in [3.63, 3.8) is 0 Å². The summed E-state index contributed by atoms with van der Waals surface area (Å²) < 4.78 is 0. The second-order valence-corrected chi connectivity index (χ2v) is 6.89. The van der Waals surface area contributed by atoms with Crippen molar-refractivity contribution in [1.82, 2.24) is 20.2 Å². The van der Waals surface area contributed by atoms with E-state index in [1.54, 1.807) is 12.4 Å². The number of rotatable bonds is 5. The molecule has 138 valence electrons. The van der Waals surface area contributed by atoms with E-state index in [-0.39, 0.29) is 11.9 Å². The summed E-state index contributed by atoms with van der Waals surface area (Å²) >= 11 is 0. The number of anilines is 1. The van der Waals surface area contributed by atoms with Crippen LogP contribution >= 0.6 is 0 Å². The molecule has 0 spiro atoms. The van der Waals surface area contributed by atoms with Gasteiger partial charge >= 0.3 is 0 Å². The number of aromatic nitrogens is 2. The summed E-state index contributed by atoms with van der Waals surface area (Å²) in [7, 11) is 3.88. The van der Waals surface area contributed by atoms with Crippen LogP contribution in [-0.4, -0.2) is 54.0 Å². The minimum atomic E-state index is 0.0281. The molecule has 1 atom stereocenters. The van der Waals surface area contributed by atoms with Crippen LogP contribution in [-0.2, 0) is 6.54 Å². The first kappa shape index (κ1) is 18.3. The number of amides is 1. The molecular weight excluding hydrogens is 326 g/mol. The quantitative estimate of drug-likeness (QED) is 0.894. The highest BCUT2D eigenvalue weighted by atomic mass is 16.2. The fourth-order valence-corrected chi connectivity index (χ4v) is 3.29. The summed E-state index contributed by atoms with van der Waals surface area (Å²) in [6, 6.07) is 9.81. The standard InChI is InChI=1S/C20H27N5O/c1-24(2)19-9-8-16(14-23-19)20(26)25(15-17-6-3-4-12-22-17)18-7-5-11-21-13-10-18/h3-4,6,8-9,12,14,18,21H,5,7,10-11,13,15H2,1-2H3. The summed E-state index contributed by atoms with van der Waals surface area (Å²) in [5, 5.41) is 3.42. The van der Waals surface area contributed by atoms with Crippen LogP contribution in [0.5, 0.6) is 0 Å². The molecule has 2 aromatic heterocycles. The smallest absolute Gasteiger partial charge is 0.256 e. The van der Waals surface area contributed by atoms with Crippen molar-refractivity contribution in [2.24, 2.45) is 0 Å². The van der Waals surface area contributed by atoms with Crippen molar-refractivity contribution in [2.75, 3.05) is 32.1 Å². The van der Waals surface area contributed by atoms with Gasteiger partial charge in [0.15, 0.2) is 0 Å². The molecule has 26 heavy (non-hydrogen) atoms. The van der Waals surface area contributed by atoms with Gasteiger partial charge < -0.3 is 15.1 Å². The Morgan fingerprint density at radius 1 is 1.15 bits per heavy atom. The van der Waals surface area contributed by atoms with Crippen LogP contribution in [0.3, 0.4) is 0 Å². The Hall–Kier alpha value is -2.47. The Kier molecular flexibility index (Phi) is 6.17. The van der Waals surface area contributed by atoms with Crippen molar-refractivity contribution in [1.29, 1.82) is 0 Å². The van der Waals surface area contributed by atoms with E-state index < -0.39 is 0 Å². The summed E-state index contributed by atoms with van der Waals surface area (Å²) in [6.07, 6.45) is 6.50. The number of pyridine rings is 2. The first-order valence-electron chi connectivity index (χ1n) is 9.20. The lowest BCUT2D eigenvalue weighted by Crippen LogP contribution is -2.40. The molecule has 6 nitrogen and oxygen atoms in total. The molecule has 0 aromatic carbocycles. The first-order valence-corrected chi connectivity index (χ1v) is 9.20. The summed E-state index contributed by atoms with van der Waals surface area (Å²) in [4.78, 5) is 26.0. The van der Waals surface area contributed by atoms with Gasteiger partial charge in [-0.1, -0.05) is 6.07 Å². The molecule has 1 amide bonds. The van der Waals surface area contributed by atoms with Gasteiger partial charge in [-0.2, -0.15) is 0 Å². The van der Waals surface area contributed by atoms with Crippen LogP contribution in [0, 0.1) is 0 Å². The Labute approximate surface area is 155 Å². The zero-order chi connectivity index (χ0) is 18.4. The lowest BCUT2D eigenvalue weighted by molar-refractivity contribution is 0.0642. The normalized spacial score (nSPS) is 17.4. The third kappa shape index (κ3) is 4.58. The summed E-state index contributed by atoms with van der Waals surface area (Å²) in [5.41, 5.74) is 1.54. The molecule has 2 aromatic rings. The van der Waals surface area contributed by atoms with Gasteiger partial charge in [-0.05, 0) is 56.6 Å². The third-order valence-electron chi connectivity index (χ3n) is 4.76. The van der Waals surface area contributed by atoms with E-state index in [9.17, 15) is 4.79 Å². The van der Waals surface area contributed by atoms with E-state index >= 15 is 0 Å². The maximum absolute atomic E-state index is 13.3. The molecule has 1 N–H and O–H groups in total. The zero-order valence-electron chi connectivity index (χ0n) is 15.6. The number of hydrogen-bond donors (Lipinski definition) is 1. The lowest BCUT2D eigenvalue weighted by atomic mass is 10.1. The van der Waals surface area contributed by atoms with E-state index in [4.69, 9.17) is 0 Å². The maximum Gasteiger partial charge on any atom is 0.256 e. The average molecular weight is 353 g/mol. The van der Waals surface area contributed by atoms with E-state index in [2.05, 4.69) is 15.3 Å². The molecule has 0 saturated carbocycles. The van der Waals surface area contributed by atoms with Crippen molar-refractivity contribution in [3.05, 3.63) is 54.0 Å². The second kappa shape index (κ2) is 8.76. The molecule has 1 fully saturated rings. The van der Waals surface area contributed by atoms with Crippen LogP contribution in [0.2, 0.25) is 0 Å². The van der Waals surface area contributed by atoms with Gasteiger partial charge in [-0.25, -0.2) is 4.98 Å². The molecule has 3 rings (SSSR count). The second-order valence-electron chi connectivity index (χ2n) is 6.89. The van der Waals surface area contributed by atoms with Gasteiger partial charge in [0.05, 0.1) is 17.8 Å². The van der Waals surface area contributed by atoms with Crippen LogP contribution in [0.4, 0.5) is 5.82 Å². The fourth-order valence-electron chi connectivity index (χ4n) is 3.29. The van der Waals surface area contributed by atoms with Gasteiger partial charge in [-0.3, -0.25) is 9.78 Å². The minimum Gasteiger partial charge on any atom is -0.363 e. The zero-order valence-corrected chi connectivity index (χ0v) is 15.6. The molecule has 1 saturated heterocycles. The number of hydrogen-bond acceptors (Lipinski definition) is 5. The highest BCUT2D eigenvalue weighted by Crippen LogP contribution is 2.20. The van der Waals surface area contributed by atoms with Crippen molar-refractivity contribution in [2.45, 2.75) is 31.8 Å². The molecule has 0 aliphatic carbocycles. The van der Waals surface area contributed by atoms with Crippen LogP contribution in [0.25, 0.3) is 0 Å². The number of carbonyl (C=O) groups excluding carboxylic acids is 1. The maximum atomic E-state index is 13.3. The van der Waals surface area contributed by atoms with Crippen LogP contribution in [0.15, 0.2) is 42.7 Å². The highest BCUT2D eigenvalue weighted by Gasteiger charge is 2.26. The van der Waals surface area contributed by atoms with Crippen molar-refractivity contribution < 1.29 is 4.79 Å². The molecule has 1 aliphatic rings. The fraction of sp³-hybridized carbons (Fsp3) is 0.450. The molecule has 1 unspecified atom stereocenters. The summed E-state index contributed by atoms with van der Waals surface area (Å²) in [6.45, 7) is 2.48. The van der Waals surface area contributed by atoms with Crippen LogP contribution < -0.4 is 10.2 Å². The highest BCUT2D eigenvalue weighted by molar-refractivity contribution is 5.94. The topological polar surface area (TPSA) is 61.4 Å². The van der Waals surface area contributed by atoms with E-state index in [0.717, 1.165) is 43.9 Å². The number of nitrogens with zero attached hydrogens (tertiary/aromatic N) is 4. The minimum absolute atomic E-state index is 0.0281. The van der Waals surface area contributed by atoms with Gasteiger partial charge in [0.25, 0.3) is 5.91 Å². The van der Waals surface area contributed by atoms with Crippen molar-refractivity contribution in [3.8, 4) is 0 Å². The predicted molar refractivity (Wildman–Crippen MR) is 103 cm³/mol. The molecule has 0 radical (unpaired) electrons. The molecule has 3 heterocycles. The molecular formula is C20H27N5O. The van der Waals surface area contributed by atoms with E-state index in [0.29, 0.717) is 12.1 Å². The Balaban J connectivity index is 1.84. The average Bonchev–Trinajstić information content (AvgIpc) is 2.96. The molecule has 6 heteroatoms. The molecule has 1 aliphatic heterocycles. The Morgan fingerprint density at radius 2 is 2.04 bits per heavy atom. The Bertz CT molecular complexity index is 694. The third-order valence-corrected chi connectivity index (χ3v) is 4.76. The number of carbonyl (C=O) groups is 1. The largest absolute Gasteiger partial charge is 0.363 e. The van der Waals surface area contributed by atoms with E-state index in [1.807, 2.05) is 54.2 Å². The van der Waals surface area contributed by atoms with Gasteiger partial charge in [0.1, 0.15) is 5.82 Å². The Morgan fingerprint density at radius 3 is 2.73 bits per heavy atom. The van der Waals surface area contributed by atoms with Crippen molar-refractivity contribution >= 4 is 11.7 Å². The summed E-state index contributed by atoms with van der Waals surface area (Å²) in [5.74, 6) is 0.872. The monoisotopic (exact) mass is 353 g/mol.